The molecule has 0 heterocycles. The van der Waals surface area contributed by atoms with Gasteiger partial charge in [0.05, 0.1) is 9.47 Å². The lowest BCUT2D eigenvalue weighted by Crippen LogP contribution is -2.45. The van der Waals surface area contributed by atoms with E-state index in [-0.39, 0.29) is 11.8 Å². The Morgan fingerprint density at radius 3 is 2.15 bits per heavy atom. The van der Waals surface area contributed by atoms with Crippen molar-refractivity contribution in [2.24, 2.45) is 11.8 Å². The molecule has 4 heteroatoms. The number of aliphatic hydroxyl groups is 1. The van der Waals surface area contributed by atoms with Gasteiger partial charge in [-0.3, -0.25) is 0 Å². The van der Waals surface area contributed by atoms with Crippen LogP contribution in [0.3, 0.4) is 0 Å². The largest absolute Gasteiger partial charge is 0.449 e. The van der Waals surface area contributed by atoms with Gasteiger partial charge in [-0.25, -0.2) is 4.79 Å². The zero-order chi connectivity index (χ0) is 10.6. The molecule has 0 bridgehead atoms. The maximum Gasteiger partial charge on any atom is 0.340 e. The lowest BCUT2D eigenvalue weighted by Gasteiger charge is -2.30. The summed E-state index contributed by atoms with van der Waals surface area (Å²) in [6.07, 6.45) is 0.428. The number of hydrogen-bond donors (Lipinski definition) is 1. The fourth-order valence-corrected chi connectivity index (χ4v) is 1.48. The monoisotopic (exact) mass is 206 g/mol. The molecular weight excluding hydrogens is 187 g/mol. The molecule has 0 aliphatic carbocycles. The van der Waals surface area contributed by atoms with Gasteiger partial charge in [-0.2, -0.15) is 0 Å². The Hall–Kier alpha value is -0.140. The Bertz CT molecular complexity index is 180. The Morgan fingerprint density at radius 2 is 1.92 bits per heavy atom. The molecular formula is C9H19O3P. The van der Waals surface area contributed by atoms with Gasteiger partial charge < -0.3 is 9.63 Å². The van der Waals surface area contributed by atoms with Crippen molar-refractivity contribution in [3.8, 4) is 0 Å². The third kappa shape index (κ3) is 3.24. The van der Waals surface area contributed by atoms with Gasteiger partial charge in [-0.05, 0) is 18.3 Å². The van der Waals surface area contributed by atoms with Gasteiger partial charge >= 0.3 is 5.97 Å². The minimum absolute atomic E-state index is 0.136. The average Bonchev–Trinajstić information content (AvgIpc) is 2.01. The third-order valence-electron chi connectivity index (χ3n) is 2.14. The van der Waals surface area contributed by atoms with Crippen molar-refractivity contribution in [1.29, 1.82) is 0 Å². The van der Waals surface area contributed by atoms with E-state index in [0.717, 1.165) is 0 Å². The predicted octanol–water partition coefficient (Wildman–Crippen LogP) is 1.75. The molecule has 2 atom stereocenters. The van der Waals surface area contributed by atoms with E-state index in [2.05, 4.69) is 4.52 Å². The zero-order valence-corrected chi connectivity index (χ0v) is 9.86. The lowest BCUT2D eigenvalue weighted by molar-refractivity contribution is -0.161. The summed E-state index contributed by atoms with van der Waals surface area (Å²) >= 11 is 0. The van der Waals surface area contributed by atoms with Gasteiger partial charge in [0.1, 0.15) is 0 Å². The van der Waals surface area contributed by atoms with Gasteiger partial charge in [-0.15, -0.1) is 0 Å². The van der Waals surface area contributed by atoms with Crippen molar-refractivity contribution in [1.82, 2.24) is 0 Å². The van der Waals surface area contributed by atoms with E-state index in [1.165, 1.54) is 0 Å². The van der Waals surface area contributed by atoms with Crippen molar-refractivity contribution in [2.45, 2.75) is 39.7 Å². The third-order valence-corrected chi connectivity index (χ3v) is 2.35. The van der Waals surface area contributed by atoms with Crippen LogP contribution < -0.4 is 0 Å². The predicted molar refractivity (Wildman–Crippen MR) is 55.0 cm³/mol. The van der Waals surface area contributed by atoms with Crippen LogP contribution in [-0.2, 0) is 9.32 Å². The number of hydrogen-bond acceptors (Lipinski definition) is 3. The second-order valence-electron chi connectivity index (χ2n) is 4.08. The zero-order valence-electron chi connectivity index (χ0n) is 8.70. The first-order valence-electron chi connectivity index (χ1n) is 4.48. The smallest absolute Gasteiger partial charge is 0.340 e. The van der Waals surface area contributed by atoms with Crippen LogP contribution in [0.25, 0.3) is 0 Å². The molecule has 0 aromatic rings. The van der Waals surface area contributed by atoms with Crippen LogP contribution >= 0.6 is 9.47 Å². The second kappa shape index (κ2) is 4.92. The first kappa shape index (κ1) is 12.9. The maximum absolute atomic E-state index is 11.3. The van der Waals surface area contributed by atoms with Crippen LogP contribution in [0.1, 0.15) is 34.1 Å². The Labute approximate surface area is 82.1 Å². The number of carbonyl (C=O) groups is 1. The first-order valence-corrected chi connectivity index (χ1v) is 4.95. The molecule has 0 amide bonds. The van der Waals surface area contributed by atoms with Crippen LogP contribution in [0.15, 0.2) is 0 Å². The molecule has 0 radical (unpaired) electrons. The summed E-state index contributed by atoms with van der Waals surface area (Å²) in [7, 11) is 1.88. The van der Waals surface area contributed by atoms with Crippen LogP contribution in [0.2, 0.25) is 0 Å². The molecule has 0 saturated carbocycles. The van der Waals surface area contributed by atoms with E-state index in [1.54, 1.807) is 0 Å². The number of rotatable bonds is 4. The minimum Gasteiger partial charge on any atom is -0.449 e. The van der Waals surface area contributed by atoms with Gasteiger partial charge in [0.25, 0.3) is 0 Å². The SMILES string of the molecule is CC(C)CC(O)(C(=O)OP)C(C)C. The molecule has 0 saturated heterocycles. The maximum atomic E-state index is 11.3. The molecule has 0 fully saturated rings. The standard InChI is InChI=1S/C9H19O3P/c1-6(2)5-9(11,7(3)4)8(10)12-13/h6-7,11H,5,13H2,1-4H3. The molecule has 1 N–H and O–H groups in total. The van der Waals surface area contributed by atoms with Crippen LogP contribution in [0.5, 0.6) is 0 Å². The average molecular weight is 206 g/mol. The molecule has 2 unspecified atom stereocenters. The molecule has 0 aromatic heterocycles. The fraction of sp³-hybridized carbons (Fsp3) is 0.889. The van der Waals surface area contributed by atoms with Crippen molar-refractivity contribution >= 4 is 15.4 Å². The van der Waals surface area contributed by atoms with E-state index in [9.17, 15) is 9.90 Å². The Morgan fingerprint density at radius 1 is 1.46 bits per heavy atom. The molecule has 0 rings (SSSR count). The topological polar surface area (TPSA) is 46.5 Å². The van der Waals surface area contributed by atoms with Gasteiger partial charge in [0.2, 0.25) is 0 Å². The van der Waals surface area contributed by atoms with Crippen LogP contribution in [0, 0.1) is 11.8 Å². The molecule has 13 heavy (non-hydrogen) atoms. The molecule has 0 aliphatic heterocycles. The normalized spacial score (nSPS) is 16.0. The highest BCUT2D eigenvalue weighted by atomic mass is 31.0. The van der Waals surface area contributed by atoms with Gasteiger partial charge in [0, 0.05) is 0 Å². The Balaban J connectivity index is 4.62. The summed E-state index contributed by atoms with van der Waals surface area (Å²) in [4.78, 5) is 11.3. The van der Waals surface area contributed by atoms with E-state index >= 15 is 0 Å². The minimum atomic E-state index is -1.35. The van der Waals surface area contributed by atoms with Crippen molar-refractivity contribution in [2.75, 3.05) is 0 Å². The van der Waals surface area contributed by atoms with Gasteiger partial charge in [0.15, 0.2) is 5.60 Å². The van der Waals surface area contributed by atoms with Gasteiger partial charge in [-0.1, -0.05) is 27.7 Å². The summed E-state index contributed by atoms with van der Waals surface area (Å²) in [6, 6.07) is 0. The summed E-state index contributed by atoms with van der Waals surface area (Å²) in [5.74, 6) is -0.444. The van der Waals surface area contributed by atoms with Crippen LogP contribution in [0.4, 0.5) is 0 Å². The molecule has 0 aromatic carbocycles. The van der Waals surface area contributed by atoms with Crippen molar-refractivity contribution in [3.63, 3.8) is 0 Å². The summed E-state index contributed by atoms with van der Waals surface area (Å²) in [5, 5.41) is 10.0. The highest BCUT2D eigenvalue weighted by Crippen LogP contribution is 2.27. The number of carbonyl (C=O) groups excluding carboxylic acids is 1. The highest BCUT2D eigenvalue weighted by Gasteiger charge is 2.40. The molecule has 0 aliphatic rings. The highest BCUT2D eigenvalue weighted by molar-refractivity contribution is 7.10. The van der Waals surface area contributed by atoms with Crippen molar-refractivity contribution < 1.29 is 14.4 Å². The molecule has 78 valence electrons. The quantitative estimate of drug-likeness (QED) is 0.713. The van der Waals surface area contributed by atoms with E-state index in [1.807, 2.05) is 37.2 Å². The lowest BCUT2D eigenvalue weighted by atomic mass is 9.83. The van der Waals surface area contributed by atoms with Crippen molar-refractivity contribution in [3.05, 3.63) is 0 Å². The van der Waals surface area contributed by atoms with E-state index < -0.39 is 11.6 Å². The van der Waals surface area contributed by atoms with E-state index in [4.69, 9.17) is 0 Å². The van der Waals surface area contributed by atoms with E-state index in [0.29, 0.717) is 6.42 Å². The first-order chi connectivity index (χ1) is 5.84. The molecule has 0 spiro atoms. The fourth-order valence-electron chi connectivity index (χ4n) is 1.28. The summed E-state index contributed by atoms with van der Waals surface area (Å²) < 4.78 is 4.51. The second-order valence-corrected chi connectivity index (χ2v) is 4.32. The van der Waals surface area contributed by atoms with Crippen LogP contribution in [-0.4, -0.2) is 16.7 Å². The summed E-state index contributed by atoms with van der Waals surface area (Å²) in [6.45, 7) is 7.54. The summed E-state index contributed by atoms with van der Waals surface area (Å²) in [5.41, 5.74) is -1.35. The molecule has 3 nitrogen and oxygen atoms in total. The Kier molecular flexibility index (Phi) is 4.87.